The number of thiocarbonyl (C=S) groups is 2. The van der Waals surface area contributed by atoms with Crippen molar-refractivity contribution in [2.45, 2.75) is 188 Å². The summed E-state index contributed by atoms with van der Waals surface area (Å²) >= 11 is 11.1. The van der Waals surface area contributed by atoms with Crippen molar-refractivity contribution in [2.24, 2.45) is 10.4 Å². The molecule has 6 N–H and O–H groups in total. The van der Waals surface area contributed by atoms with Crippen molar-refractivity contribution in [3.63, 3.8) is 0 Å². The molecule has 0 aromatic heterocycles. The fourth-order valence-corrected chi connectivity index (χ4v) is 11.6. The smallest absolute Gasteiger partial charge is 0.248 e. The van der Waals surface area contributed by atoms with Gasteiger partial charge in [-0.2, -0.15) is 0 Å². The van der Waals surface area contributed by atoms with Gasteiger partial charge in [-0.1, -0.05) is 66.2 Å². The number of aliphatic hydroxyl groups excluding tert-OH is 1. The lowest BCUT2D eigenvalue weighted by Gasteiger charge is -2.34. The van der Waals surface area contributed by atoms with Gasteiger partial charge in [-0.25, -0.2) is 4.99 Å². The van der Waals surface area contributed by atoms with Gasteiger partial charge in [-0.15, -0.1) is 0 Å². The number of hydrogen-bond donors (Lipinski definition) is 6. The lowest BCUT2D eigenvalue weighted by molar-refractivity contribution is -0.118. The van der Waals surface area contributed by atoms with Crippen molar-refractivity contribution in [3.05, 3.63) is 63.6 Å². The molecule has 2 aliphatic heterocycles. The number of nitrogens with one attached hydrogen (secondary N) is 5. The molecule has 6 aliphatic rings. The Kier molecular flexibility index (Phi) is 14.9. The third-order valence-electron chi connectivity index (χ3n) is 15.4. The molecule has 1 aromatic rings. The molecule has 358 valence electrons. The van der Waals surface area contributed by atoms with Gasteiger partial charge in [0.1, 0.15) is 5.76 Å². The maximum Gasteiger partial charge on any atom is 0.248 e. The Morgan fingerprint density at radius 2 is 1.32 bits per heavy atom. The highest BCUT2D eigenvalue weighted by Gasteiger charge is 2.49. The molecule has 4 aliphatic carbocycles. The maximum absolute atomic E-state index is 14.9. The van der Waals surface area contributed by atoms with E-state index < -0.39 is 0 Å². The first-order valence-electron chi connectivity index (χ1n) is 24.6. The summed E-state index contributed by atoms with van der Waals surface area (Å²) in [6.07, 6.45) is 15.7. The van der Waals surface area contributed by atoms with Crippen LogP contribution in [0, 0.1) is 5.41 Å². The van der Waals surface area contributed by atoms with E-state index in [4.69, 9.17) is 24.4 Å². The third-order valence-corrected chi connectivity index (χ3v) is 15.9. The summed E-state index contributed by atoms with van der Waals surface area (Å²) in [6, 6.07) is 5.21. The van der Waals surface area contributed by atoms with Crippen molar-refractivity contribution in [3.8, 4) is 0 Å². The molecule has 1 saturated heterocycles. The zero-order chi connectivity index (χ0) is 47.8. The first-order valence-corrected chi connectivity index (χ1v) is 25.5. The molecular weight excluding hydrogens is 865 g/mol. The average Bonchev–Trinajstić information content (AvgIpc) is 3.57. The quantitative estimate of drug-likeness (QED) is 0.0878. The molecule has 7 rings (SSSR count). The summed E-state index contributed by atoms with van der Waals surface area (Å²) < 4.78 is 0. The second kappa shape index (κ2) is 20.0. The zero-order valence-electron chi connectivity index (χ0n) is 41.0. The summed E-state index contributed by atoms with van der Waals surface area (Å²) in [5.41, 5.74) is 5.26. The van der Waals surface area contributed by atoms with E-state index in [0.717, 1.165) is 48.2 Å². The summed E-state index contributed by atoms with van der Waals surface area (Å²) in [5.74, 6) is -1.17. The number of fused-ring (bicyclic) bond motifs is 2. The molecule has 12 nitrogen and oxygen atoms in total. The van der Waals surface area contributed by atoms with Crippen molar-refractivity contribution in [2.75, 3.05) is 23.3 Å². The molecule has 1 aromatic carbocycles. The Bertz CT molecular complexity index is 2290. The van der Waals surface area contributed by atoms with Gasteiger partial charge in [0.25, 0.3) is 0 Å². The largest absolute Gasteiger partial charge is 0.506 e. The Hall–Kier alpha value is -4.56. The third kappa shape index (κ3) is 9.87. The highest BCUT2D eigenvalue weighted by atomic mass is 32.1. The zero-order valence-corrected chi connectivity index (χ0v) is 42.6. The van der Waals surface area contributed by atoms with E-state index in [9.17, 15) is 19.5 Å². The van der Waals surface area contributed by atoms with Crippen LogP contribution in [0.2, 0.25) is 0 Å². The number of amides is 2. The molecule has 2 heterocycles. The van der Waals surface area contributed by atoms with E-state index in [2.05, 4.69) is 111 Å². The van der Waals surface area contributed by atoms with E-state index in [-0.39, 0.29) is 82.3 Å². The van der Waals surface area contributed by atoms with Crippen LogP contribution in [-0.2, 0) is 19.8 Å². The van der Waals surface area contributed by atoms with Crippen LogP contribution in [0.3, 0.4) is 0 Å². The molecule has 0 bridgehead atoms. The number of carbonyl (C=O) groups is 3. The molecule has 14 heteroatoms. The SMILES string of the molecule is CC(C)N1C2=CC(=NC(=O)CCNC(=S)NC3CCCCC3)/C(=C3\C(=O)C(c4cc5c(cc4NC(=O)CCNC(=S)NC4CCCCC4)N(C(C)C)C(C)C5(C)C)=C3O)C=C2C(C)(C)C1C. The Morgan fingerprint density at radius 3 is 1.86 bits per heavy atom. The van der Waals surface area contributed by atoms with Gasteiger partial charge >= 0.3 is 0 Å². The summed E-state index contributed by atoms with van der Waals surface area (Å²) in [6.45, 7) is 22.4. The van der Waals surface area contributed by atoms with Gasteiger partial charge in [0.2, 0.25) is 17.6 Å². The number of hydrogen-bond acceptors (Lipinski definition) is 8. The second-order valence-electron chi connectivity index (χ2n) is 21.1. The second-order valence-corrected chi connectivity index (χ2v) is 21.9. The predicted molar refractivity (Wildman–Crippen MR) is 276 cm³/mol. The summed E-state index contributed by atoms with van der Waals surface area (Å²) in [7, 11) is 0. The Morgan fingerprint density at radius 1 is 0.773 bits per heavy atom. The van der Waals surface area contributed by atoms with Gasteiger partial charge in [-0.3, -0.25) is 14.4 Å². The van der Waals surface area contributed by atoms with Crippen LogP contribution in [0.15, 0.2) is 57.5 Å². The number of allylic oxidation sites excluding steroid dienone is 6. The number of nitrogens with zero attached hydrogens (tertiary/aromatic N) is 3. The average molecular weight is 939 g/mol. The van der Waals surface area contributed by atoms with Gasteiger partial charge in [0.15, 0.2) is 10.2 Å². The Balaban J connectivity index is 1.22. The van der Waals surface area contributed by atoms with E-state index in [0.29, 0.717) is 57.9 Å². The fraction of sp³-hybridized carbons (Fsp3) is 0.615. The molecule has 2 amide bonds. The lowest BCUT2D eigenvalue weighted by Crippen LogP contribution is -2.43. The van der Waals surface area contributed by atoms with Crippen molar-refractivity contribution in [1.29, 1.82) is 0 Å². The highest BCUT2D eigenvalue weighted by molar-refractivity contribution is 7.80. The number of carbonyl (C=O) groups excluding carboxylic acids is 3. The van der Waals surface area contributed by atoms with Crippen molar-refractivity contribution >= 4 is 74.9 Å². The molecule has 2 atom stereocenters. The minimum absolute atomic E-state index is 0.0906. The van der Waals surface area contributed by atoms with E-state index in [1.54, 1.807) is 0 Å². The number of Topliss-reactive ketones (excluding diaryl/α,β-unsaturated/α-hetero) is 1. The minimum atomic E-state index is -0.373. The lowest BCUT2D eigenvalue weighted by atomic mass is 9.73. The van der Waals surface area contributed by atoms with Crippen LogP contribution >= 0.6 is 24.4 Å². The first kappa shape index (κ1) is 49.3. The minimum Gasteiger partial charge on any atom is -0.506 e. The van der Waals surface area contributed by atoms with Crippen LogP contribution in [0.25, 0.3) is 5.57 Å². The van der Waals surface area contributed by atoms with Gasteiger partial charge in [-0.05, 0) is 127 Å². The summed E-state index contributed by atoms with van der Waals surface area (Å²) in [4.78, 5) is 51.8. The van der Waals surface area contributed by atoms with Crippen LogP contribution in [0.5, 0.6) is 0 Å². The van der Waals surface area contributed by atoms with E-state index in [1.807, 2.05) is 24.3 Å². The van der Waals surface area contributed by atoms with Crippen LogP contribution < -0.4 is 31.5 Å². The number of ketones is 1. The fourth-order valence-electron chi connectivity index (χ4n) is 11.1. The molecule has 2 unspecified atom stereocenters. The molecule has 0 spiro atoms. The number of aliphatic hydroxyl groups is 1. The highest BCUT2D eigenvalue weighted by Crippen LogP contribution is 2.53. The van der Waals surface area contributed by atoms with E-state index >= 15 is 0 Å². The predicted octanol–water partition coefficient (Wildman–Crippen LogP) is 8.97. The Labute approximate surface area is 404 Å². The number of benzene rings is 1. The van der Waals surface area contributed by atoms with Crippen LogP contribution in [0.1, 0.15) is 157 Å². The first-order chi connectivity index (χ1) is 31.2. The van der Waals surface area contributed by atoms with E-state index in [1.165, 1.54) is 38.5 Å². The summed E-state index contributed by atoms with van der Waals surface area (Å²) in [5, 5.41) is 29.7. The van der Waals surface area contributed by atoms with Gasteiger partial charge < -0.3 is 41.5 Å². The van der Waals surface area contributed by atoms with Crippen molar-refractivity contribution in [1.82, 2.24) is 26.2 Å². The molecular formula is C52H74N8O4S2. The number of likely N-dealkylation sites (tertiary alicyclic amines) is 1. The number of anilines is 2. The number of aliphatic imine (C=N–C) groups is 1. The van der Waals surface area contributed by atoms with Gasteiger partial charge in [0, 0.05) is 95.5 Å². The monoisotopic (exact) mass is 939 g/mol. The van der Waals surface area contributed by atoms with Gasteiger partial charge in [0.05, 0.1) is 22.5 Å². The number of rotatable bonds is 12. The topological polar surface area (TPSA) is 150 Å². The molecule has 66 heavy (non-hydrogen) atoms. The molecule has 2 saturated carbocycles. The van der Waals surface area contributed by atoms with Crippen molar-refractivity contribution < 1.29 is 19.5 Å². The molecule has 0 radical (unpaired) electrons. The molecule has 3 fully saturated rings. The maximum atomic E-state index is 14.9. The van der Waals surface area contributed by atoms with Crippen LogP contribution in [-0.4, -0.2) is 92.9 Å². The standard InChI is InChI=1S/C52H74N8O4S2/c1-29(2)59-31(5)51(7,8)37-25-35(39(27-41(37)59)57-43(61)21-23-53-49(65)55-33-17-13-11-14-18-33)45-47(63)46(48(45)64)36-26-38-42(60(30(3)4)32(6)52(38,9)10)28-40(36)58-44(62)22-24-54-50(66)56-34-19-15-12-16-20-34/h25-34,63H,11-24H2,1-10H3,(H,57,61)(H2,53,55,65)(H2,54,56,66)/b46-36-,58-40?. The van der Waals surface area contributed by atoms with Crippen LogP contribution in [0.4, 0.5) is 11.4 Å². The normalized spacial score (nSPS) is 24.5.